The number of anilines is 1. The minimum absolute atomic E-state index is 0.0141. The standard InChI is InChI=1S/C23H27N3O4/c27-23(19-16-18(6-7-24-19)25-9-13-28-14-10-25)26-8-1-3-20(26)17-4-5-21-22(15-17)30-12-2-11-29-21/h4-7,15-16,20H,1-3,8-14H2/t20-/m0/s1. The summed E-state index contributed by atoms with van der Waals surface area (Å²) in [6, 6.07) is 9.97. The van der Waals surface area contributed by atoms with E-state index < -0.39 is 0 Å². The fourth-order valence-electron chi connectivity index (χ4n) is 4.45. The van der Waals surface area contributed by atoms with Crippen molar-refractivity contribution in [3.8, 4) is 11.5 Å². The lowest BCUT2D eigenvalue weighted by Gasteiger charge is -2.29. The Morgan fingerprint density at radius 2 is 1.77 bits per heavy atom. The molecule has 0 bridgehead atoms. The van der Waals surface area contributed by atoms with Gasteiger partial charge < -0.3 is 24.0 Å². The number of pyridine rings is 1. The molecule has 2 aromatic rings. The van der Waals surface area contributed by atoms with E-state index >= 15 is 0 Å². The van der Waals surface area contributed by atoms with Gasteiger partial charge in [0.05, 0.1) is 32.5 Å². The highest BCUT2D eigenvalue weighted by Gasteiger charge is 2.32. The molecular formula is C23H27N3O4. The number of carbonyl (C=O) groups is 1. The monoisotopic (exact) mass is 409 g/mol. The molecule has 7 heteroatoms. The van der Waals surface area contributed by atoms with Gasteiger partial charge in [0, 0.05) is 37.9 Å². The number of nitrogens with zero attached hydrogens (tertiary/aromatic N) is 3. The molecule has 158 valence electrons. The molecule has 2 saturated heterocycles. The lowest BCUT2D eigenvalue weighted by Crippen LogP contribution is -2.36. The van der Waals surface area contributed by atoms with Crippen LogP contribution in [-0.4, -0.2) is 61.9 Å². The second kappa shape index (κ2) is 8.52. The Kier molecular flexibility index (Phi) is 5.45. The van der Waals surface area contributed by atoms with Crippen LogP contribution in [0.2, 0.25) is 0 Å². The van der Waals surface area contributed by atoms with E-state index in [2.05, 4.69) is 16.0 Å². The van der Waals surface area contributed by atoms with Gasteiger partial charge in [0.1, 0.15) is 5.69 Å². The first kappa shape index (κ1) is 19.2. The van der Waals surface area contributed by atoms with E-state index in [-0.39, 0.29) is 11.9 Å². The third-order valence-corrected chi connectivity index (χ3v) is 6.01. The molecule has 0 unspecified atom stereocenters. The van der Waals surface area contributed by atoms with Crippen molar-refractivity contribution in [2.24, 2.45) is 0 Å². The lowest BCUT2D eigenvalue weighted by molar-refractivity contribution is 0.0729. The highest BCUT2D eigenvalue weighted by Crippen LogP contribution is 2.38. The predicted molar refractivity (Wildman–Crippen MR) is 112 cm³/mol. The Morgan fingerprint density at radius 1 is 0.933 bits per heavy atom. The second-order valence-electron chi connectivity index (χ2n) is 7.91. The van der Waals surface area contributed by atoms with Crippen LogP contribution in [-0.2, 0) is 4.74 Å². The summed E-state index contributed by atoms with van der Waals surface area (Å²) in [6.45, 7) is 5.16. The van der Waals surface area contributed by atoms with Crippen LogP contribution in [0.3, 0.4) is 0 Å². The molecule has 0 saturated carbocycles. The largest absolute Gasteiger partial charge is 0.490 e. The lowest BCUT2D eigenvalue weighted by atomic mass is 10.0. The van der Waals surface area contributed by atoms with Crippen molar-refractivity contribution in [1.29, 1.82) is 0 Å². The number of amides is 1. The molecule has 5 rings (SSSR count). The van der Waals surface area contributed by atoms with Gasteiger partial charge in [-0.2, -0.15) is 0 Å². The van der Waals surface area contributed by atoms with Crippen molar-refractivity contribution in [1.82, 2.24) is 9.88 Å². The van der Waals surface area contributed by atoms with Gasteiger partial charge in [0.2, 0.25) is 0 Å². The topological polar surface area (TPSA) is 64.1 Å². The van der Waals surface area contributed by atoms with E-state index in [0.717, 1.165) is 61.6 Å². The van der Waals surface area contributed by atoms with Gasteiger partial charge in [0.25, 0.3) is 5.91 Å². The molecule has 1 atom stereocenters. The minimum Gasteiger partial charge on any atom is -0.490 e. The van der Waals surface area contributed by atoms with E-state index in [1.807, 2.05) is 29.2 Å². The van der Waals surface area contributed by atoms with Crippen LogP contribution >= 0.6 is 0 Å². The Bertz CT molecular complexity index is 913. The van der Waals surface area contributed by atoms with Crippen molar-refractivity contribution >= 4 is 11.6 Å². The first-order valence-corrected chi connectivity index (χ1v) is 10.8. The van der Waals surface area contributed by atoms with E-state index in [1.165, 1.54) is 0 Å². The number of rotatable bonds is 3. The molecule has 3 aliphatic heterocycles. The molecule has 0 aliphatic carbocycles. The van der Waals surface area contributed by atoms with E-state index in [4.69, 9.17) is 14.2 Å². The number of carbonyl (C=O) groups excluding carboxylic acids is 1. The summed E-state index contributed by atoms with van der Waals surface area (Å²) < 4.78 is 17.0. The summed E-state index contributed by atoms with van der Waals surface area (Å²) in [7, 11) is 0. The Hall–Kier alpha value is -2.80. The zero-order valence-electron chi connectivity index (χ0n) is 17.1. The number of ether oxygens (including phenoxy) is 3. The average Bonchev–Trinajstić information content (AvgIpc) is 3.18. The summed E-state index contributed by atoms with van der Waals surface area (Å²) >= 11 is 0. The zero-order chi connectivity index (χ0) is 20.3. The van der Waals surface area contributed by atoms with Gasteiger partial charge in [-0.3, -0.25) is 9.78 Å². The number of hydrogen-bond donors (Lipinski definition) is 0. The van der Waals surface area contributed by atoms with Crippen molar-refractivity contribution < 1.29 is 19.0 Å². The van der Waals surface area contributed by atoms with Crippen LogP contribution in [0.1, 0.15) is 41.4 Å². The van der Waals surface area contributed by atoms with Gasteiger partial charge in [0.15, 0.2) is 11.5 Å². The molecule has 0 spiro atoms. The van der Waals surface area contributed by atoms with Crippen LogP contribution in [0.5, 0.6) is 11.5 Å². The van der Waals surface area contributed by atoms with Crippen LogP contribution in [0.4, 0.5) is 5.69 Å². The summed E-state index contributed by atoms with van der Waals surface area (Å²) in [6.07, 6.45) is 4.53. The number of aromatic nitrogens is 1. The first-order valence-electron chi connectivity index (χ1n) is 10.8. The third kappa shape index (κ3) is 3.81. The molecule has 0 N–H and O–H groups in total. The Morgan fingerprint density at radius 3 is 2.63 bits per heavy atom. The van der Waals surface area contributed by atoms with Gasteiger partial charge >= 0.3 is 0 Å². The Balaban J connectivity index is 1.37. The molecular weight excluding hydrogens is 382 g/mol. The van der Waals surface area contributed by atoms with Gasteiger partial charge in [-0.1, -0.05) is 6.07 Å². The van der Waals surface area contributed by atoms with Gasteiger partial charge in [-0.05, 0) is 42.7 Å². The summed E-state index contributed by atoms with van der Waals surface area (Å²) in [5.74, 6) is 1.54. The summed E-state index contributed by atoms with van der Waals surface area (Å²) in [4.78, 5) is 22.0. The quantitative estimate of drug-likeness (QED) is 0.776. The van der Waals surface area contributed by atoms with Crippen LogP contribution in [0, 0.1) is 0 Å². The highest BCUT2D eigenvalue weighted by molar-refractivity contribution is 5.93. The minimum atomic E-state index is -0.0141. The number of hydrogen-bond acceptors (Lipinski definition) is 6. The van der Waals surface area contributed by atoms with Gasteiger partial charge in [-0.15, -0.1) is 0 Å². The maximum atomic E-state index is 13.4. The molecule has 30 heavy (non-hydrogen) atoms. The van der Waals surface area contributed by atoms with Crippen molar-refractivity contribution in [2.75, 3.05) is 51.0 Å². The normalized spacial score (nSPS) is 21.4. The van der Waals surface area contributed by atoms with Crippen molar-refractivity contribution in [3.63, 3.8) is 0 Å². The maximum Gasteiger partial charge on any atom is 0.273 e. The van der Waals surface area contributed by atoms with Crippen LogP contribution in [0.15, 0.2) is 36.5 Å². The highest BCUT2D eigenvalue weighted by atomic mass is 16.5. The molecule has 1 aromatic carbocycles. The molecule has 3 aliphatic rings. The second-order valence-corrected chi connectivity index (χ2v) is 7.91. The van der Waals surface area contributed by atoms with Gasteiger partial charge in [-0.25, -0.2) is 0 Å². The SMILES string of the molecule is O=C(c1cc(N2CCOCC2)ccn1)N1CCC[C@H]1c1ccc2c(c1)OCCCO2. The van der Waals surface area contributed by atoms with Crippen LogP contribution < -0.4 is 14.4 Å². The maximum absolute atomic E-state index is 13.4. The number of morpholine rings is 1. The third-order valence-electron chi connectivity index (χ3n) is 6.01. The Labute approximate surface area is 176 Å². The smallest absolute Gasteiger partial charge is 0.273 e. The fraction of sp³-hybridized carbons (Fsp3) is 0.478. The number of fused-ring (bicyclic) bond motifs is 1. The summed E-state index contributed by atoms with van der Waals surface area (Å²) in [5.41, 5.74) is 2.62. The molecule has 2 fully saturated rings. The molecule has 7 nitrogen and oxygen atoms in total. The summed E-state index contributed by atoms with van der Waals surface area (Å²) in [5, 5.41) is 0. The van der Waals surface area contributed by atoms with E-state index in [0.29, 0.717) is 32.1 Å². The predicted octanol–water partition coefficient (Wildman–Crippen LogP) is 3.06. The average molecular weight is 409 g/mol. The van der Waals surface area contributed by atoms with Crippen molar-refractivity contribution in [2.45, 2.75) is 25.3 Å². The zero-order valence-corrected chi connectivity index (χ0v) is 17.1. The molecule has 1 aromatic heterocycles. The number of benzene rings is 1. The number of likely N-dealkylation sites (tertiary alicyclic amines) is 1. The molecule has 4 heterocycles. The molecule has 1 amide bonds. The van der Waals surface area contributed by atoms with E-state index in [1.54, 1.807) is 6.20 Å². The van der Waals surface area contributed by atoms with Crippen LogP contribution in [0.25, 0.3) is 0 Å². The van der Waals surface area contributed by atoms with Crippen molar-refractivity contribution in [3.05, 3.63) is 47.8 Å². The van der Waals surface area contributed by atoms with E-state index in [9.17, 15) is 4.79 Å². The first-order chi connectivity index (χ1) is 14.8. The molecule has 0 radical (unpaired) electrons. The fourth-order valence-corrected chi connectivity index (χ4v) is 4.45.